The lowest BCUT2D eigenvalue weighted by Crippen LogP contribution is -2.47. The van der Waals surface area contributed by atoms with Gasteiger partial charge in [-0.15, -0.1) is 0 Å². The maximum atomic E-state index is 5.88. The average Bonchev–Trinajstić information content (AvgIpc) is 2.38. The Morgan fingerprint density at radius 3 is 2.61 bits per heavy atom. The van der Waals surface area contributed by atoms with E-state index in [9.17, 15) is 0 Å². The summed E-state index contributed by atoms with van der Waals surface area (Å²) in [4.78, 5) is 2.65. The molecule has 0 amide bonds. The summed E-state index contributed by atoms with van der Waals surface area (Å²) in [6.07, 6.45) is 6.72. The first kappa shape index (κ1) is 15.9. The summed E-state index contributed by atoms with van der Waals surface area (Å²) < 4.78 is 5.55. The van der Waals surface area contributed by atoms with Crippen molar-refractivity contribution in [3.63, 3.8) is 0 Å². The summed E-state index contributed by atoms with van der Waals surface area (Å²) in [6.45, 7) is 9.86. The highest BCUT2D eigenvalue weighted by atomic mass is 16.5. The maximum Gasteiger partial charge on any atom is 0.0586 e. The fourth-order valence-electron chi connectivity index (χ4n) is 2.96. The monoisotopic (exact) mass is 256 g/mol. The number of rotatable bonds is 7. The van der Waals surface area contributed by atoms with Crippen molar-refractivity contribution < 1.29 is 4.74 Å². The SMILES string of the molecule is CCCN(CC(C)(C)CN)C1CCCC(OC)C1. The third kappa shape index (κ3) is 4.87. The Balaban J connectivity index is 2.59. The molecular formula is C15H32N2O. The zero-order chi connectivity index (χ0) is 13.6. The third-order valence-corrected chi connectivity index (χ3v) is 4.14. The Hall–Kier alpha value is -0.120. The van der Waals surface area contributed by atoms with Gasteiger partial charge in [0.2, 0.25) is 0 Å². The van der Waals surface area contributed by atoms with E-state index in [0.29, 0.717) is 12.1 Å². The first-order valence-electron chi connectivity index (χ1n) is 7.49. The van der Waals surface area contributed by atoms with Crippen LogP contribution >= 0.6 is 0 Å². The topological polar surface area (TPSA) is 38.5 Å². The van der Waals surface area contributed by atoms with Crippen molar-refractivity contribution in [2.45, 2.75) is 65.0 Å². The van der Waals surface area contributed by atoms with E-state index in [4.69, 9.17) is 10.5 Å². The Bertz CT molecular complexity index is 231. The number of nitrogens with two attached hydrogens (primary N) is 1. The van der Waals surface area contributed by atoms with Crippen molar-refractivity contribution in [3.05, 3.63) is 0 Å². The zero-order valence-corrected chi connectivity index (χ0v) is 12.7. The molecule has 0 bridgehead atoms. The van der Waals surface area contributed by atoms with Crippen LogP contribution in [0, 0.1) is 5.41 Å². The molecule has 1 fully saturated rings. The van der Waals surface area contributed by atoms with Gasteiger partial charge in [0.25, 0.3) is 0 Å². The normalized spacial score (nSPS) is 25.7. The average molecular weight is 256 g/mol. The second-order valence-corrected chi connectivity index (χ2v) is 6.52. The lowest BCUT2D eigenvalue weighted by molar-refractivity contribution is 0.0178. The number of ether oxygens (including phenoxy) is 1. The van der Waals surface area contributed by atoms with Crippen LogP contribution in [0.3, 0.4) is 0 Å². The Morgan fingerprint density at radius 1 is 1.33 bits per heavy atom. The van der Waals surface area contributed by atoms with Crippen LogP contribution in [-0.2, 0) is 4.74 Å². The van der Waals surface area contributed by atoms with Gasteiger partial charge < -0.3 is 10.5 Å². The van der Waals surface area contributed by atoms with Gasteiger partial charge in [-0.1, -0.05) is 20.8 Å². The van der Waals surface area contributed by atoms with E-state index in [1.807, 2.05) is 7.11 Å². The molecular weight excluding hydrogens is 224 g/mol. The van der Waals surface area contributed by atoms with Crippen molar-refractivity contribution in [3.8, 4) is 0 Å². The summed E-state index contributed by atoms with van der Waals surface area (Å²) in [5, 5.41) is 0. The quantitative estimate of drug-likeness (QED) is 0.761. The van der Waals surface area contributed by atoms with E-state index in [-0.39, 0.29) is 5.41 Å². The van der Waals surface area contributed by atoms with Crippen molar-refractivity contribution in [2.75, 3.05) is 26.7 Å². The van der Waals surface area contributed by atoms with Crippen LogP contribution in [0.25, 0.3) is 0 Å². The maximum absolute atomic E-state index is 5.88. The molecule has 108 valence electrons. The van der Waals surface area contributed by atoms with Crippen LogP contribution in [0.4, 0.5) is 0 Å². The molecule has 0 radical (unpaired) electrons. The number of hydrogen-bond acceptors (Lipinski definition) is 3. The predicted molar refractivity (Wildman–Crippen MR) is 77.8 cm³/mol. The number of nitrogens with zero attached hydrogens (tertiary/aromatic N) is 1. The Kier molecular flexibility index (Phi) is 6.61. The highest BCUT2D eigenvalue weighted by molar-refractivity contribution is 4.84. The summed E-state index contributed by atoms with van der Waals surface area (Å²) in [5.41, 5.74) is 6.10. The highest BCUT2D eigenvalue weighted by Gasteiger charge is 2.29. The first-order chi connectivity index (χ1) is 8.52. The zero-order valence-electron chi connectivity index (χ0n) is 12.7. The van der Waals surface area contributed by atoms with Gasteiger partial charge in [0, 0.05) is 19.7 Å². The largest absolute Gasteiger partial charge is 0.381 e. The summed E-state index contributed by atoms with van der Waals surface area (Å²) in [7, 11) is 1.85. The standard InChI is InChI=1S/C15H32N2O/c1-5-9-17(12-15(2,3)11-16)13-7-6-8-14(10-13)18-4/h13-14H,5-12,16H2,1-4H3. The summed E-state index contributed by atoms with van der Waals surface area (Å²) in [6, 6.07) is 0.689. The Morgan fingerprint density at radius 2 is 2.06 bits per heavy atom. The van der Waals surface area contributed by atoms with Gasteiger partial charge in [-0.2, -0.15) is 0 Å². The second-order valence-electron chi connectivity index (χ2n) is 6.52. The van der Waals surface area contributed by atoms with Crippen LogP contribution in [0.2, 0.25) is 0 Å². The van der Waals surface area contributed by atoms with Gasteiger partial charge in [0.05, 0.1) is 6.10 Å². The predicted octanol–water partition coefficient (Wildman–Crippen LogP) is 2.64. The minimum Gasteiger partial charge on any atom is -0.381 e. The van der Waals surface area contributed by atoms with E-state index in [1.54, 1.807) is 0 Å². The molecule has 2 unspecified atom stereocenters. The highest BCUT2D eigenvalue weighted by Crippen LogP contribution is 2.27. The van der Waals surface area contributed by atoms with Crippen molar-refractivity contribution in [1.29, 1.82) is 0 Å². The third-order valence-electron chi connectivity index (χ3n) is 4.14. The molecule has 0 aromatic rings. The molecule has 1 aliphatic rings. The van der Waals surface area contributed by atoms with E-state index in [0.717, 1.165) is 13.1 Å². The first-order valence-corrected chi connectivity index (χ1v) is 7.49. The molecule has 1 saturated carbocycles. The molecule has 0 saturated heterocycles. The van der Waals surface area contributed by atoms with Gasteiger partial charge in [-0.3, -0.25) is 4.90 Å². The molecule has 0 aromatic heterocycles. The van der Waals surface area contributed by atoms with Crippen molar-refractivity contribution in [2.24, 2.45) is 11.1 Å². The molecule has 0 heterocycles. The van der Waals surface area contributed by atoms with Gasteiger partial charge in [0.15, 0.2) is 0 Å². The fourth-order valence-corrected chi connectivity index (χ4v) is 2.96. The number of methoxy groups -OCH3 is 1. The van der Waals surface area contributed by atoms with Gasteiger partial charge >= 0.3 is 0 Å². The van der Waals surface area contributed by atoms with Crippen molar-refractivity contribution >= 4 is 0 Å². The van der Waals surface area contributed by atoms with Crippen LogP contribution < -0.4 is 5.73 Å². The molecule has 0 spiro atoms. The molecule has 1 rings (SSSR count). The molecule has 18 heavy (non-hydrogen) atoms. The van der Waals surface area contributed by atoms with Gasteiger partial charge in [-0.05, 0) is 50.6 Å². The lowest BCUT2D eigenvalue weighted by atomic mass is 9.88. The van der Waals surface area contributed by atoms with E-state index in [1.165, 1.54) is 38.6 Å². The second kappa shape index (κ2) is 7.46. The van der Waals surface area contributed by atoms with E-state index < -0.39 is 0 Å². The molecule has 0 aliphatic heterocycles. The smallest absolute Gasteiger partial charge is 0.0586 e. The van der Waals surface area contributed by atoms with Crippen LogP contribution in [0.5, 0.6) is 0 Å². The molecule has 2 N–H and O–H groups in total. The minimum absolute atomic E-state index is 0.217. The van der Waals surface area contributed by atoms with Gasteiger partial charge in [0.1, 0.15) is 0 Å². The minimum atomic E-state index is 0.217. The molecule has 0 aromatic carbocycles. The lowest BCUT2D eigenvalue weighted by Gasteiger charge is -2.40. The van der Waals surface area contributed by atoms with Crippen LogP contribution in [0.15, 0.2) is 0 Å². The van der Waals surface area contributed by atoms with E-state index in [2.05, 4.69) is 25.7 Å². The molecule has 3 nitrogen and oxygen atoms in total. The summed E-state index contributed by atoms with van der Waals surface area (Å²) in [5.74, 6) is 0. The Labute approximate surface area is 113 Å². The van der Waals surface area contributed by atoms with Crippen LogP contribution in [0.1, 0.15) is 52.9 Å². The molecule has 1 aliphatic carbocycles. The molecule has 2 atom stereocenters. The summed E-state index contributed by atoms with van der Waals surface area (Å²) >= 11 is 0. The van der Waals surface area contributed by atoms with Crippen LogP contribution in [-0.4, -0.2) is 43.8 Å². The van der Waals surface area contributed by atoms with Gasteiger partial charge in [-0.25, -0.2) is 0 Å². The van der Waals surface area contributed by atoms with E-state index >= 15 is 0 Å². The fraction of sp³-hybridized carbons (Fsp3) is 1.00. The number of hydrogen-bond donors (Lipinski definition) is 1. The van der Waals surface area contributed by atoms with Crippen molar-refractivity contribution in [1.82, 2.24) is 4.90 Å². The molecule has 3 heteroatoms.